The molecule has 0 radical (unpaired) electrons. The van der Waals surface area contributed by atoms with Crippen molar-refractivity contribution in [3.05, 3.63) is 0 Å². The Hall–Kier alpha value is -0.370. The third kappa shape index (κ3) is 4.50. The lowest BCUT2D eigenvalue weighted by Gasteiger charge is -2.04. The molecular weight excluding hydrogens is 150 g/mol. The average molecular weight is 169 g/mol. The zero-order valence-corrected chi connectivity index (χ0v) is 8.10. The molecule has 0 bridgehead atoms. The molecule has 1 aliphatic carbocycles. The zero-order chi connectivity index (χ0) is 8.97. The number of rotatable bonds is 6. The summed E-state index contributed by atoms with van der Waals surface area (Å²) in [5.74, 6) is 0.913. The van der Waals surface area contributed by atoms with Crippen LogP contribution in [0.25, 0.3) is 0 Å². The quantitative estimate of drug-likeness (QED) is 0.656. The number of ketones is 1. The summed E-state index contributed by atoms with van der Waals surface area (Å²) in [7, 11) is 0. The fourth-order valence-corrected chi connectivity index (χ4v) is 1.26. The van der Waals surface area contributed by atoms with E-state index in [0.29, 0.717) is 18.1 Å². The van der Waals surface area contributed by atoms with Crippen LogP contribution in [0.4, 0.5) is 0 Å². The summed E-state index contributed by atoms with van der Waals surface area (Å²) < 4.78 is 0. The van der Waals surface area contributed by atoms with Gasteiger partial charge < -0.3 is 5.32 Å². The van der Waals surface area contributed by atoms with Crippen LogP contribution >= 0.6 is 0 Å². The van der Waals surface area contributed by atoms with Gasteiger partial charge in [-0.1, -0.05) is 13.8 Å². The van der Waals surface area contributed by atoms with Crippen molar-refractivity contribution < 1.29 is 4.79 Å². The molecular formula is C10H19NO. The van der Waals surface area contributed by atoms with Crippen LogP contribution in [0.15, 0.2) is 0 Å². The monoisotopic (exact) mass is 169 g/mol. The topological polar surface area (TPSA) is 29.1 Å². The molecule has 70 valence electrons. The molecule has 0 atom stereocenters. The highest BCUT2D eigenvalue weighted by atomic mass is 16.1. The molecule has 12 heavy (non-hydrogen) atoms. The fraction of sp³-hybridized carbons (Fsp3) is 0.900. The van der Waals surface area contributed by atoms with E-state index < -0.39 is 0 Å². The summed E-state index contributed by atoms with van der Waals surface area (Å²) in [5, 5.41) is 3.34. The number of Topliss-reactive ketones (excluding diaryl/α,β-unsaturated/α-hetero) is 1. The molecule has 1 fully saturated rings. The van der Waals surface area contributed by atoms with Gasteiger partial charge in [0.2, 0.25) is 0 Å². The average Bonchev–Trinajstić information content (AvgIpc) is 2.69. The summed E-state index contributed by atoms with van der Waals surface area (Å²) in [6.07, 6.45) is 4.07. The van der Waals surface area contributed by atoms with Gasteiger partial charge >= 0.3 is 0 Å². The van der Waals surface area contributed by atoms with Crippen molar-refractivity contribution in [2.75, 3.05) is 6.54 Å². The maximum Gasteiger partial charge on any atom is 0.134 e. The minimum absolute atomic E-state index is 0.401. The maximum atomic E-state index is 11.2. The Morgan fingerprint density at radius 1 is 1.50 bits per heavy atom. The second kappa shape index (κ2) is 4.61. The highest BCUT2D eigenvalue weighted by Crippen LogP contribution is 2.18. The van der Waals surface area contributed by atoms with Crippen molar-refractivity contribution in [3.8, 4) is 0 Å². The summed E-state index contributed by atoms with van der Waals surface area (Å²) >= 11 is 0. The molecule has 0 aromatic heterocycles. The van der Waals surface area contributed by atoms with Crippen molar-refractivity contribution in [2.24, 2.45) is 5.92 Å². The van der Waals surface area contributed by atoms with Crippen LogP contribution in [0.3, 0.4) is 0 Å². The van der Waals surface area contributed by atoms with Crippen LogP contribution in [-0.2, 0) is 4.79 Å². The van der Waals surface area contributed by atoms with Gasteiger partial charge in [0.25, 0.3) is 0 Å². The van der Waals surface area contributed by atoms with E-state index in [9.17, 15) is 4.79 Å². The minimum atomic E-state index is 0.401. The molecule has 1 rings (SSSR count). The Balaban J connectivity index is 1.93. The number of hydrogen-bond acceptors (Lipinski definition) is 2. The lowest BCUT2D eigenvalue weighted by atomic mass is 10.1. The molecule has 2 nitrogen and oxygen atoms in total. The highest BCUT2D eigenvalue weighted by molar-refractivity contribution is 5.78. The predicted octanol–water partition coefficient (Wildman–Crippen LogP) is 1.74. The smallest absolute Gasteiger partial charge is 0.134 e. The number of carbonyl (C=O) groups excluding carboxylic acids is 1. The van der Waals surface area contributed by atoms with Crippen LogP contribution < -0.4 is 5.32 Å². The van der Waals surface area contributed by atoms with Gasteiger partial charge in [0.1, 0.15) is 5.78 Å². The molecule has 0 aromatic rings. The van der Waals surface area contributed by atoms with Crippen LogP contribution in [0.1, 0.15) is 39.5 Å². The molecule has 0 amide bonds. The van der Waals surface area contributed by atoms with Crippen molar-refractivity contribution in [1.82, 2.24) is 5.32 Å². The lowest BCUT2D eigenvalue weighted by molar-refractivity contribution is -0.119. The van der Waals surface area contributed by atoms with Gasteiger partial charge in [-0.25, -0.2) is 0 Å². The summed E-state index contributed by atoms with van der Waals surface area (Å²) in [6.45, 7) is 5.06. The molecule has 1 N–H and O–H groups in total. The predicted molar refractivity (Wildman–Crippen MR) is 50.1 cm³/mol. The number of nitrogens with one attached hydrogen (secondary N) is 1. The van der Waals surface area contributed by atoms with Crippen molar-refractivity contribution >= 4 is 5.78 Å². The fourth-order valence-electron chi connectivity index (χ4n) is 1.26. The van der Waals surface area contributed by atoms with E-state index in [0.717, 1.165) is 19.0 Å². The van der Waals surface area contributed by atoms with Crippen molar-refractivity contribution in [2.45, 2.75) is 45.6 Å². The Morgan fingerprint density at radius 2 is 2.17 bits per heavy atom. The largest absolute Gasteiger partial charge is 0.314 e. The SMILES string of the molecule is CC(C)CC(=O)CCNC1CC1. The molecule has 0 aliphatic heterocycles. The zero-order valence-electron chi connectivity index (χ0n) is 8.10. The molecule has 1 saturated carbocycles. The number of carbonyl (C=O) groups is 1. The standard InChI is InChI=1S/C10H19NO/c1-8(2)7-10(12)5-6-11-9-3-4-9/h8-9,11H,3-7H2,1-2H3. The molecule has 0 spiro atoms. The van der Waals surface area contributed by atoms with Crippen LogP contribution in [0.2, 0.25) is 0 Å². The Morgan fingerprint density at radius 3 is 2.67 bits per heavy atom. The van der Waals surface area contributed by atoms with E-state index in [1.54, 1.807) is 0 Å². The van der Waals surface area contributed by atoms with E-state index in [1.807, 2.05) is 0 Å². The van der Waals surface area contributed by atoms with Gasteiger partial charge in [-0.15, -0.1) is 0 Å². The Kier molecular flexibility index (Phi) is 3.73. The first-order valence-electron chi connectivity index (χ1n) is 4.93. The first kappa shape index (κ1) is 9.72. The Labute approximate surface area is 74.7 Å². The molecule has 0 aromatic carbocycles. The van der Waals surface area contributed by atoms with E-state index in [1.165, 1.54) is 12.8 Å². The van der Waals surface area contributed by atoms with E-state index in [4.69, 9.17) is 0 Å². The minimum Gasteiger partial charge on any atom is -0.314 e. The number of hydrogen-bond donors (Lipinski definition) is 1. The van der Waals surface area contributed by atoms with Gasteiger partial charge in [0.15, 0.2) is 0 Å². The van der Waals surface area contributed by atoms with E-state index in [-0.39, 0.29) is 0 Å². The lowest BCUT2D eigenvalue weighted by Crippen LogP contribution is -2.20. The molecule has 1 aliphatic rings. The van der Waals surface area contributed by atoms with E-state index in [2.05, 4.69) is 19.2 Å². The Bertz CT molecular complexity index is 150. The van der Waals surface area contributed by atoms with Crippen LogP contribution in [0, 0.1) is 5.92 Å². The summed E-state index contributed by atoms with van der Waals surface area (Å²) in [5.41, 5.74) is 0. The molecule has 0 heterocycles. The second-order valence-corrected chi connectivity index (χ2v) is 4.12. The summed E-state index contributed by atoms with van der Waals surface area (Å²) in [4.78, 5) is 11.2. The maximum absolute atomic E-state index is 11.2. The normalized spacial score (nSPS) is 16.9. The van der Waals surface area contributed by atoms with Gasteiger partial charge in [0, 0.05) is 25.4 Å². The van der Waals surface area contributed by atoms with Crippen LogP contribution in [0.5, 0.6) is 0 Å². The second-order valence-electron chi connectivity index (χ2n) is 4.12. The molecule has 0 unspecified atom stereocenters. The van der Waals surface area contributed by atoms with Gasteiger partial charge in [-0.05, 0) is 18.8 Å². The summed E-state index contributed by atoms with van der Waals surface area (Å²) in [6, 6.07) is 0.733. The van der Waals surface area contributed by atoms with Gasteiger partial charge in [0.05, 0.1) is 0 Å². The van der Waals surface area contributed by atoms with Crippen LogP contribution in [-0.4, -0.2) is 18.4 Å². The van der Waals surface area contributed by atoms with Crippen molar-refractivity contribution in [3.63, 3.8) is 0 Å². The first-order chi connectivity index (χ1) is 5.68. The van der Waals surface area contributed by atoms with Gasteiger partial charge in [-0.2, -0.15) is 0 Å². The third-order valence-electron chi connectivity index (χ3n) is 2.05. The van der Waals surface area contributed by atoms with Gasteiger partial charge in [-0.3, -0.25) is 4.79 Å². The highest BCUT2D eigenvalue weighted by Gasteiger charge is 2.20. The molecule has 2 heteroatoms. The van der Waals surface area contributed by atoms with E-state index >= 15 is 0 Å². The molecule has 0 saturated heterocycles. The van der Waals surface area contributed by atoms with Crippen molar-refractivity contribution in [1.29, 1.82) is 0 Å². The third-order valence-corrected chi connectivity index (χ3v) is 2.05. The first-order valence-corrected chi connectivity index (χ1v) is 4.93.